The molecule has 0 aliphatic carbocycles. The van der Waals surface area contributed by atoms with Crippen LogP contribution in [-0.4, -0.2) is 71.0 Å². The number of ether oxygens (including phenoxy) is 1. The molecule has 0 spiro atoms. The van der Waals surface area contributed by atoms with Gasteiger partial charge in [-0.05, 0) is 50.5 Å². The highest BCUT2D eigenvalue weighted by Crippen LogP contribution is 2.32. The lowest BCUT2D eigenvalue weighted by atomic mass is 9.90. The quantitative estimate of drug-likeness (QED) is 0.699. The zero-order chi connectivity index (χ0) is 25.9. The fourth-order valence-corrected chi connectivity index (χ4v) is 4.74. The van der Waals surface area contributed by atoms with Gasteiger partial charge in [0.25, 0.3) is 0 Å². The molecule has 0 radical (unpaired) electrons. The van der Waals surface area contributed by atoms with Crippen molar-refractivity contribution < 1.29 is 19.1 Å². The molecule has 4 rings (SSSR count). The lowest BCUT2D eigenvalue weighted by Crippen LogP contribution is -2.50. The number of nitrogens with zero attached hydrogens (tertiary/aromatic N) is 4. The Morgan fingerprint density at radius 3 is 2.39 bits per heavy atom. The van der Waals surface area contributed by atoms with Gasteiger partial charge >= 0.3 is 6.09 Å². The van der Waals surface area contributed by atoms with Gasteiger partial charge in [0.1, 0.15) is 11.4 Å². The molecule has 2 aromatic rings. The van der Waals surface area contributed by atoms with Crippen molar-refractivity contribution in [2.45, 2.75) is 52.2 Å². The summed E-state index contributed by atoms with van der Waals surface area (Å²) in [5.74, 6) is 0.250. The molecular weight excluding hydrogens is 458 g/mol. The van der Waals surface area contributed by atoms with E-state index in [2.05, 4.69) is 21.3 Å². The summed E-state index contributed by atoms with van der Waals surface area (Å²) < 4.78 is 5.46. The highest BCUT2D eigenvalue weighted by Gasteiger charge is 2.31. The topological polar surface area (TPSA) is 95.1 Å². The smallest absolute Gasteiger partial charge is 0.410 e. The predicted molar refractivity (Wildman–Crippen MR) is 138 cm³/mol. The van der Waals surface area contributed by atoms with Gasteiger partial charge in [-0.2, -0.15) is 0 Å². The van der Waals surface area contributed by atoms with Crippen molar-refractivity contribution in [3.05, 3.63) is 53.7 Å². The molecule has 9 nitrogen and oxygen atoms in total. The van der Waals surface area contributed by atoms with Crippen molar-refractivity contribution in [1.82, 2.24) is 14.8 Å². The first-order valence-electron chi connectivity index (χ1n) is 12.4. The van der Waals surface area contributed by atoms with Crippen LogP contribution in [0, 0.1) is 0 Å². The fourth-order valence-electron chi connectivity index (χ4n) is 4.74. The number of aromatic nitrogens is 1. The van der Waals surface area contributed by atoms with Crippen LogP contribution in [0.5, 0.6) is 0 Å². The second-order valence-electron chi connectivity index (χ2n) is 10.3. The van der Waals surface area contributed by atoms with Crippen molar-refractivity contribution in [2.75, 3.05) is 42.9 Å². The van der Waals surface area contributed by atoms with E-state index in [0.29, 0.717) is 38.5 Å². The van der Waals surface area contributed by atoms with Crippen LogP contribution in [0.25, 0.3) is 0 Å². The summed E-state index contributed by atoms with van der Waals surface area (Å²) >= 11 is 0. The summed E-state index contributed by atoms with van der Waals surface area (Å²) in [4.78, 5) is 47.5. The van der Waals surface area contributed by atoms with Gasteiger partial charge in [-0.1, -0.05) is 24.3 Å². The number of fused-ring (bicyclic) bond motifs is 1. The summed E-state index contributed by atoms with van der Waals surface area (Å²) in [5.41, 5.74) is 2.63. The van der Waals surface area contributed by atoms with Crippen LogP contribution in [0.4, 0.5) is 16.3 Å². The number of piperazine rings is 1. The first-order valence-corrected chi connectivity index (χ1v) is 12.4. The molecular formula is C27H35N5O4. The number of hydrogen-bond donors (Lipinski definition) is 1. The van der Waals surface area contributed by atoms with Gasteiger partial charge in [0.2, 0.25) is 11.8 Å². The third-order valence-electron chi connectivity index (χ3n) is 6.51. The Bertz CT molecular complexity index is 1100. The number of nitrogens with one attached hydrogen (secondary N) is 1. The molecule has 2 aliphatic rings. The van der Waals surface area contributed by atoms with E-state index in [1.165, 1.54) is 5.56 Å². The van der Waals surface area contributed by atoms with Crippen molar-refractivity contribution in [3.8, 4) is 0 Å². The van der Waals surface area contributed by atoms with E-state index in [1.54, 1.807) is 29.0 Å². The van der Waals surface area contributed by atoms with Gasteiger partial charge in [0.05, 0.1) is 24.3 Å². The molecule has 1 atom stereocenters. The summed E-state index contributed by atoms with van der Waals surface area (Å²) in [5, 5.41) is 2.88. The maximum Gasteiger partial charge on any atom is 0.410 e. The third-order valence-corrected chi connectivity index (χ3v) is 6.51. The summed E-state index contributed by atoms with van der Waals surface area (Å²) in [6, 6.07) is 11.4. The van der Waals surface area contributed by atoms with Crippen LogP contribution >= 0.6 is 0 Å². The van der Waals surface area contributed by atoms with E-state index in [0.717, 1.165) is 17.7 Å². The zero-order valence-electron chi connectivity index (χ0n) is 21.5. The molecule has 0 bridgehead atoms. The van der Waals surface area contributed by atoms with E-state index in [1.807, 2.05) is 45.0 Å². The highest BCUT2D eigenvalue weighted by atomic mass is 16.6. The Balaban J connectivity index is 1.33. The standard InChI is InChI=1S/C27H35N5O4/c1-19(33)32-12-11-20-7-5-6-8-22(20)23(32)17-25(34)29-24-10-9-21(18-28-24)30-13-15-31(16-14-30)26(35)36-27(2,3)4/h5-10,18,23H,11-17H2,1-4H3,(H,28,29,34). The molecule has 0 saturated carbocycles. The molecule has 1 saturated heterocycles. The Kier molecular flexibility index (Phi) is 7.47. The maximum atomic E-state index is 12.9. The molecule has 1 N–H and O–H groups in total. The van der Waals surface area contributed by atoms with E-state index >= 15 is 0 Å². The van der Waals surface area contributed by atoms with Crippen LogP contribution in [0.2, 0.25) is 0 Å². The molecule has 1 unspecified atom stereocenters. The number of rotatable bonds is 4. The number of pyridine rings is 1. The summed E-state index contributed by atoms with van der Waals surface area (Å²) in [7, 11) is 0. The highest BCUT2D eigenvalue weighted by molar-refractivity contribution is 5.91. The predicted octanol–water partition coefficient (Wildman–Crippen LogP) is 3.61. The molecule has 1 aromatic carbocycles. The maximum absolute atomic E-state index is 12.9. The summed E-state index contributed by atoms with van der Waals surface area (Å²) in [6.07, 6.45) is 2.41. The van der Waals surface area contributed by atoms with Gasteiger partial charge in [-0.3, -0.25) is 9.59 Å². The average molecular weight is 494 g/mol. The second kappa shape index (κ2) is 10.6. The minimum Gasteiger partial charge on any atom is -0.444 e. The summed E-state index contributed by atoms with van der Waals surface area (Å²) in [6.45, 7) is 10.2. The largest absolute Gasteiger partial charge is 0.444 e. The lowest BCUT2D eigenvalue weighted by molar-refractivity contribution is -0.132. The van der Waals surface area contributed by atoms with Gasteiger partial charge in [0, 0.05) is 39.6 Å². The minimum atomic E-state index is -0.511. The minimum absolute atomic E-state index is 0.0310. The average Bonchev–Trinajstić information content (AvgIpc) is 2.83. The molecule has 3 amide bonds. The lowest BCUT2D eigenvalue weighted by Gasteiger charge is -2.36. The van der Waals surface area contributed by atoms with Crippen LogP contribution in [0.3, 0.4) is 0 Å². The third kappa shape index (κ3) is 6.13. The Morgan fingerprint density at radius 2 is 1.75 bits per heavy atom. The Morgan fingerprint density at radius 1 is 1.03 bits per heavy atom. The first kappa shape index (κ1) is 25.5. The molecule has 9 heteroatoms. The van der Waals surface area contributed by atoms with Crippen LogP contribution in [0.15, 0.2) is 42.6 Å². The molecule has 1 fully saturated rings. The number of amides is 3. The van der Waals surface area contributed by atoms with E-state index < -0.39 is 5.60 Å². The van der Waals surface area contributed by atoms with Crippen molar-refractivity contribution >= 4 is 29.4 Å². The first-order chi connectivity index (χ1) is 17.1. The van der Waals surface area contributed by atoms with Crippen LogP contribution in [-0.2, 0) is 20.7 Å². The van der Waals surface area contributed by atoms with Gasteiger partial charge < -0.3 is 24.8 Å². The number of carbonyl (C=O) groups is 3. The van der Waals surface area contributed by atoms with Crippen molar-refractivity contribution in [3.63, 3.8) is 0 Å². The SMILES string of the molecule is CC(=O)N1CCc2ccccc2C1CC(=O)Nc1ccc(N2CCN(C(=O)OC(C)(C)C)CC2)cn1. The number of carbonyl (C=O) groups excluding carboxylic acids is 3. The van der Waals surface area contributed by atoms with E-state index in [4.69, 9.17) is 4.74 Å². The molecule has 36 heavy (non-hydrogen) atoms. The zero-order valence-corrected chi connectivity index (χ0v) is 21.5. The monoisotopic (exact) mass is 493 g/mol. The van der Waals surface area contributed by atoms with Crippen LogP contribution < -0.4 is 10.2 Å². The van der Waals surface area contributed by atoms with Gasteiger partial charge in [-0.15, -0.1) is 0 Å². The molecule has 2 aliphatic heterocycles. The van der Waals surface area contributed by atoms with Gasteiger partial charge in [-0.25, -0.2) is 9.78 Å². The molecule has 1 aromatic heterocycles. The normalized spacial score (nSPS) is 17.9. The molecule has 192 valence electrons. The number of benzene rings is 1. The number of hydrogen-bond acceptors (Lipinski definition) is 6. The molecule has 3 heterocycles. The van der Waals surface area contributed by atoms with Crippen molar-refractivity contribution in [2.24, 2.45) is 0 Å². The Labute approximate surface area is 212 Å². The Hall–Kier alpha value is -3.62. The number of anilines is 2. The van der Waals surface area contributed by atoms with E-state index in [9.17, 15) is 14.4 Å². The fraction of sp³-hybridized carbons (Fsp3) is 0.481. The van der Waals surface area contributed by atoms with Crippen LogP contribution in [0.1, 0.15) is 51.3 Å². The van der Waals surface area contributed by atoms with E-state index in [-0.39, 0.29) is 30.4 Å². The second-order valence-corrected chi connectivity index (χ2v) is 10.3. The van der Waals surface area contributed by atoms with Crippen molar-refractivity contribution in [1.29, 1.82) is 0 Å². The van der Waals surface area contributed by atoms with Gasteiger partial charge in [0.15, 0.2) is 0 Å².